The third kappa shape index (κ3) is 5.77. The minimum absolute atomic E-state index is 0.126. The molecule has 1 heterocycles. The van der Waals surface area contributed by atoms with Crippen LogP contribution in [0.3, 0.4) is 0 Å². The standard InChI is InChI=1S/C19H30ClN3O2/c1-6-23(15-9-10-21-16(20)11-15)12-14-8-7-13(2)17(14)22-18(24)25-19(3,4)5/h9-11,13-14,17H,6-8,12H2,1-5H3,(H,22,24)/t13-,14-,17+/m0/s1. The zero-order valence-corrected chi connectivity index (χ0v) is 16.6. The molecule has 0 bridgehead atoms. The number of hydrogen-bond donors (Lipinski definition) is 1. The van der Waals surface area contributed by atoms with Crippen LogP contribution in [0.1, 0.15) is 47.5 Å². The lowest BCUT2D eigenvalue weighted by Gasteiger charge is -2.31. The van der Waals surface area contributed by atoms with Gasteiger partial charge >= 0.3 is 6.09 Å². The van der Waals surface area contributed by atoms with Gasteiger partial charge in [-0.2, -0.15) is 0 Å². The first-order chi connectivity index (χ1) is 11.7. The molecule has 140 valence electrons. The topological polar surface area (TPSA) is 54.5 Å². The van der Waals surface area contributed by atoms with Gasteiger partial charge in [0.25, 0.3) is 0 Å². The van der Waals surface area contributed by atoms with E-state index in [2.05, 4.69) is 29.0 Å². The van der Waals surface area contributed by atoms with Crippen LogP contribution in [-0.2, 0) is 4.74 Å². The highest BCUT2D eigenvalue weighted by molar-refractivity contribution is 6.29. The van der Waals surface area contributed by atoms with E-state index < -0.39 is 5.60 Å². The minimum atomic E-state index is -0.481. The molecule has 0 saturated heterocycles. The fourth-order valence-corrected chi connectivity index (χ4v) is 3.67. The summed E-state index contributed by atoms with van der Waals surface area (Å²) in [4.78, 5) is 18.5. The lowest BCUT2D eigenvalue weighted by Crippen LogP contribution is -2.46. The summed E-state index contributed by atoms with van der Waals surface area (Å²) in [6, 6.07) is 3.99. The van der Waals surface area contributed by atoms with Crippen LogP contribution >= 0.6 is 11.6 Å². The van der Waals surface area contributed by atoms with Crippen molar-refractivity contribution in [3.05, 3.63) is 23.5 Å². The Labute approximate surface area is 156 Å². The highest BCUT2D eigenvalue weighted by Crippen LogP contribution is 2.33. The molecular formula is C19H30ClN3O2. The van der Waals surface area contributed by atoms with Crippen molar-refractivity contribution in [3.63, 3.8) is 0 Å². The number of aromatic nitrogens is 1. The van der Waals surface area contributed by atoms with Crippen LogP contribution in [0.15, 0.2) is 18.3 Å². The molecule has 1 aromatic heterocycles. The summed E-state index contributed by atoms with van der Waals surface area (Å²) in [6.07, 6.45) is 3.61. The molecule has 1 fully saturated rings. The summed E-state index contributed by atoms with van der Waals surface area (Å²) in [7, 11) is 0. The van der Waals surface area contributed by atoms with E-state index in [1.807, 2.05) is 32.9 Å². The molecule has 0 aliphatic heterocycles. The molecule has 1 amide bonds. The molecule has 2 rings (SSSR count). The fraction of sp³-hybridized carbons (Fsp3) is 0.684. The molecule has 0 radical (unpaired) electrons. The van der Waals surface area contributed by atoms with Gasteiger partial charge in [-0.1, -0.05) is 18.5 Å². The molecular weight excluding hydrogens is 338 g/mol. The van der Waals surface area contributed by atoms with Crippen molar-refractivity contribution in [1.29, 1.82) is 0 Å². The van der Waals surface area contributed by atoms with Crippen LogP contribution in [0.5, 0.6) is 0 Å². The van der Waals surface area contributed by atoms with E-state index in [1.54, 1.807) is 6.20 Å². The van der Waals surface area contributed by atoms with Gasteiger partial charge in [0.05, 0.1) is 0 Å². The van der Waals surface area contributed by atoms with E-state index in [-0.39, 0.29) is 12.1 Å². The SMILES string of the molecule is CCN(C[C@@H]1CC[C@H](C)[C@H]1NC(=O)OC(C)(C)C)c1ccnc(Cl)c1. The number of anilines is 1. The largest absolute Gasteiger partial charge is 0.444 e. The molecule has 6 heteroatoms. The second-order valence-electron chi connectivity index (χ2n) is 7.86. The van der Waals surface area contributed by atoms with Crippen LogP contribution in [0.2, 0.25) is 5.15 Å². The highest BCUT2D eigenvalue weighted by Gasteiger charge is 2.36. The maximum absolute atomic E-state index is 12.2. The van der Waals surface area contributed by atoms with Crippen molar-refractivity contribution in [2.75, 3.05) is 18.0 Å². The van der Waals surface area contributed by atoms with E-state index in [0.717, 1.165) is 31.6 Å². The van der Waals surface area contributed by atoms with E-state index in [1.165, 1.54) is 0 Å². The van der Waals surface area contributed by atoms with E-state index in [0.29, 0.717) is 17.0 Å². The van der Waals surface area contributed by atoms with Gasteiger partial charge in [-0.25, -0.2) is 9.78 Å². The zero-order chi connectivity index (χ0) is 18.6. The summed E-state index contributed by atoms with van der Waals surface area (Å²) in [5.41, 5.74) is 0.586. The second-order valence-corrected chi connectivity index (χ2v) is 8.25. The number of hydrogen-bond acceptors (Lipinski definition) is 4. The molecule has 1 aromatic rings. The number of nitrogens with one attached hydrogen (secondary N) is 1. The van der Waals surface area contributed by atoms with Crippen molar-refractivity contribution < 1.29 is 9.53 Å². The molecule has 1 aliphatic rings. The van der Waals surface area contributed by atoms with Crippen LogP contribution in [0, 0.1) is 11.8 Å². The third-order valence-corrected chi connectivity index (χ3v) is 4.92. The van der Waals surface area contributed by atoms with Crippen molar-refractivity contribution >= 4 is 23.4 Å². The number of pyridine rings is 1. The Kier molecular flexibility index (Phi) is 6.55. The Balaban J connectivity index is 2.04. The Morgan fingerprint density at radius 2 is 2.16 bits per heavy atom. The number of carbonyl (C=O) groups excluding carboxylic acids is 1. The van der Waals surface area contributed by atoms with Gasteiger partial charge in [-0.3, -0.25) is 0 Å². The summed E-state index contributed by atoms with van der Waals surface area (Å²) < 4.78 is 5.44. The summed E-state index contributed by atoms with van der Waals surface area (Å²) in [6.45, 7) is 11.7. The molecule has 1 saturated carbocycles. The smallest absolute Gasteiger partial charge is 0.407 e. The molecule has 1 aliphatic carbocycles. The first-order valence-corrected chi connectivity index (χ1v) is 9.43. The van der Waals surface area contributed by atoms with Gasteiger partial charge in [0.15, 0.2) is 0 Å². The second kappa shape index (κ2) is 8.26. The maximum Gasteiger partial charge on any atom is 0.407 e. The number of nitrogens with zero attached hydrogens (tertiary/aromatic N) is 2. The van der Waals surface area contributed by atoms with Crippen molar-refractivity contribution in [2.24, 2.45) is 11.8 Å². The Hall–Kier alpha value is -1.49. The Morgan fingerprint density at radius 1 is 1.44 bits per heavy atom. The lowest BCUT2D eigenvalue weighted by molar-refractivity contribution is 0.0481. The highest BCUT2D eigenvalue weighted by atomic mass is 35.5. The molecule has 1 N–H and O–H groups in total. The summed E-state index contributed by atoms with van der Waals surface area (Å²) >= 11 is 6.03. The number of amides is 1. The fourth-order valence-electron chi connectivity index (χ4n) is 3.50. The van der Waals surface area contributed by atoms with E-state index in [4.69, 9.17) is 16.3 Å². The van der Waals surface area contributed by atoms with Crippen LogP contribution in [0.25, 0.3) is 0 Å². The van der Waals surface area contributed by atoms with E-state index >= 15 is 0 Å². The molecule has 0 aromatic carbocycles. The zero-order valence-electron chi connectivity index (χ0n) is 15.9. The quantitative estimate of drug-likeness (QED) is 0.778. The first kappa shape index (κ1) is 19.8. The monoisotopic (exact) mass is 367 g/mol. The van der Waals surface area contributed by atoms with Gasteiger partial charge in [0.2, 0.25) is 0 Å². The van der Waals surface area contributed by atoms with Gasteiger partial charge in [0.1, 0.15) is 10.8 Å². The molecule has 3 atom stereocenters. The number of ether oxygens (including phenoxy) is 1. The van der Waals surface area contributed by atoms with Crippen molar-refractivity contribution in [1.82, 2.24) is 10.3 Å². The average Bonchev–Trinajstić information content (AvgIpc) is 2.83. The number of carbonyl (C=O) groups is 1. The third-order valence-electron chi connectivity index (χ3n) is 4.71. The van der Waals surface area contributed by atoms with Gasteiger partial charge in [-0.05, 0) is 64.5 Å². The number of rotatable bonds is 5. The summed E-state index contributed by atoms with van der Waals surface area (Å²) in [5, 5.41) is 3.60. The lowest BCUT2D eigenvalue weighted by atomic mass is 9.98. The van der Waals surface area contributed by atoms with Crippen molar-refractivity contribution in [2.45, 2.75) is 59.1 Å². The number of halogens is 1. The van der Waals surface area contributed by atoms with Gasteiger partial charge in [0, 0.05) is 31.0 Å². The molecule has 0 unspecified atom stereocenters. The predicted octanol–water partition coefficient (Wildman–Crippen LogP) is 4.50. The molecule has 0 spiro atoms. The van der Waals surface area contributed by atoms with E-state index in [9.17, 15) is 4.79 Å². The Bertz CT molecular complexity index is 588. The van der Waals surface area contributed by atoms with Gasteiger partial charge in [-0.15, -0.1) is 0 Å². The van der Waals surface area contributed by atoms with Crippen LogP contribution in [0.4, 0.5) is 10.5 Å². The van der Waals surface area contributed by atoms with Crippen LogP contribution in [-0.4, -0.2) is 35.8 Å². The first-order valence-electron chi connectivity index (χ1n) is 9.05. The predicted molar refractivity (Wildman–Crippen MR) is 102 cm³/mol. The summed E-state index contributed by atoms with van der Waals surface area (Å²) in [5.74, 6) is 0.826. The van der Waals surface area contributed by atoms with Crippen molar-refractivity contribution in [3.8, 4) is 0 Å². The molecule has 25 heavy (non-hydrogen) atoms. The minimum Gasteiger partial charge on any atom is -0.444 e. The maximum atomic E-state index is 12.2. The van der Waals surface area contributed by atoms with Gasteiger partial charge < -0.3 is 15.0 Å². The number of alkyl carbamates (subject to hydrolysis) is 1. The normalized spacial score (nSPS) is 23.4. The Morgan fingerprint density at radius 3 is 2.76 bits per heavy atom. The van der Waals surface area contributed by atoms with Crippen LogP contribution < -0.4 is 10.2 Å². The molecule has 5 nitrogen and oxygen atoms in total. The average molecular weight is 368 g/mol.